The van der Waals surface area contributed by atoms with Gasteiger partial charge in [-0.05, 0) is 62.2 Å². The van der Waals surface area contributed by atoms with E-state index in [1.165, 1.54) is 25.7 Å². The molecule has 8 heteroatoms. The second kappa shape index (κ2) is 11.1. The van der Waals surface area contributed by atoms with Gasteiger partial charge in [-0.15, -0.1) is 0 Å². The fraction of sp³-hybridized carbons (Fsp3) is 0.438. The lowest BCUT2D eigenvalue weighted by Gasteiger charge is -2.39. The summed E-state index contributed by atoms with van der Waals surface area (Å²) >= 11 is 0. The molecule has 1 saturated heterocycles. The monoisotopic (exact) mass is 543 g/mol. The van der Waals surface area contributed by atoms with Crippen molar-refractivity contribution < 1.29 is 24.2 Å². The van der Waals surface area contributed by atoms with Gasteiger partial charge in [-0.1, -0.05) is 25.7 Å². The van der Waals surface area contributed by atoms with Crippen LogP contribution in [0.1, 0.15) is 65.4 Å². The number of aryl methyl sites for hydroxylation is 1. The molecule has 2 aromatic carbocycles. The van der Waals surface area contributed by atoms with Gasteiger partial charge in [0.1, 0.15) is 28.4 Å². The molecule has 6 rings (SSSR count). The maximum absolute atomic E-state index is 12.6. The molecular formula is C32H37N3O5. The maximum Gasteiger partial charge on any atom is 0.339 e. The highest BCUT2D eigenvalue weighted by Gasteiger charge is 2.34. The minimum Gasteiger partial charge on any atom is -0.507 e. The predicted octanol–water partition coefficient (Wildman–Crippen LogP) is 5.99. The highest BCUT2D eigenvalue weighted by molar-refractivity contribution is 6.16. The number of phenols is 1. The van der Waals surface area contributed by atoms with Crippen molar-refractivity contribution >= 4 is 27.7 Å². The smallest absolute Gasteiger partial charge is 0.339 e. The van der Waals surface area contributed by atoms with E-state index in [9.17, 15) is 15.0 Å². The average molecular weight is 544 g/mol. The lowest BCUT2D eigenvalue weighted by Crippen LogP contribution is -2.46. The molecule has 0 amide bonds. The highest BCUT2D eigenvalue weighted by atomic mass is 16.5. The number of hydrogen-bond donors (Lipinski definition) is 2. The van der Waals surface area contributed by atoms with Gasteiger partial charge in [0.25, 0.3) is 0 Å². The molecule has 2 aliphatic rings. The molecule has 0 radical (unpaired) electrons. The number of carboxylic acids is 1. The molecular weight excluding hydrogens is 506 g/mol. The van der Waals surface area contributed by atoms with E-state index >= 15 is 0 Å². The number of ether oxygens (including phenoxy) is 1. The molecule has 2 N–H and O–H groups in total. The van der Waals surface area contributed by atoms with Crippen LogP contribution in [-0.4, -0.2) is 70.8 Å². The van der Waals surface area contributed by atoms with Crippen molar-refractivity contribution in [1.82, 2.24) is 14.8 Å². The van der Waals surface area contributed by atoms with Crippen molar-refractivity contribution in [3.63, 3.8) is 0 Å². The van der Waals surface area contributed by atoms with E-state index < -0.39 is 5.97 Å². The zero-order chi connectivity index (χ0) is 27.8. The van der Waals surface area contributed by atoms with Gasteiger partial charge in [-0.2, -0.15) is 0 Å². The van der Waals surface area contributed by atoms with E-state index in [0.29, 0.717) is 45.4 Å². The third-order valence-corrected chi connectivity index (χ3v) is 8.78. The van der Waals surface area contributed by atoms with Crippen molar-refractivity contribution in [2.24, 2.45) is 5.92 Å². The Morgan fingerprint density at radius 2 is 1.82 bits per heavy atom. The average Bonchev–Trinajstić information content (AvgIpc) is 3.60. The SMILES string of the molecule is Cc1oc2c(c1C(=O)O)c(C(c1ccncc1)N1CCN(C)CC1)c(O)c1cc(OCCC3CCCC3)ccc12. The van der Waals surface area contributed by atoms with E-state index in [2.05, 4.69) is 21.8 Å². The van der Waals surface area contributed by atoms with Crippen LogP contribution < -0.4 is 4.74 Å². The first-order valence-corrected chi connectivity index (χ1v) is 14.3. The fourth-order valence-corrected chi connectivity index (χ4v) is 6.61. The highest BCUT2D eigenvalue weighted by Crippen LogP contribution is 2.48. The Hall–Kier alpha value is -3.62. The van der Waals surface area contributed by atoms with E-state index in [1.807, 2.05) is 30.3 Å². The number of likely N-dealkylation sites (N-methyl/N-ethyl adjacent to an activating group) is 1. The maximum atomic E-state index is 12.6. The van der Waals surface area contributed by atoms with Gasteiger partial charge in [-0.3, -0.25) is 9.88 Å². The number of pyridine rings is 1. The number of furan rings is 1. The molecule has 1 aliphatic heterocycles. The zero-order valence-electron chi connectivity index (χ0n) is 23.2. The number of carbonyl (C=O) groups is 1. The largest absolute Gasteiger partial charge is 0.507 e. The standard InChI is InChI=1S/C32H37N3O5/c1-20-26(32(37)38)27-28(29(22-9-12-33-13-10-22)35-16-14-34(2)15-17-35)30(36)25-19-23(7-8-24(25)31(27)40-20)39-18-11-21-5-3-4-6-21/h7-10,12-13,19,21,29,36H,3-6,11,14-18H2,1-2H3,(H,37,38). The Morgan fingerprint density at radius 1 is 1.10 bits per heavy atom. The summed E-state index contributed by atoms with van der Waals surface area (Å²) in [5, 5.41) is 24.0. The second-order valence-electron chi connectivity index (χ2n) is 11.3. The summed E-state index contributed by atoms with van der Waals surface area (Å²) in [4.78, 5) is 21.4. The van der Waals surface area contributed by atoms with Crippen molar-refractivity contribution in [3.05, 3.63) is 65.2 Å². The van der Waals surface area contributed by atoms with Crippen LogP contribution in [-0.2, 0) is 0 Å². The molecule has 1 aliphatic carbocycles. The molecule has 8 nitrogen and oxygen atoms in total. The van der Waals surface area contributed by atoms with Crippen LogP contribution in [0, 0.1) is 12.8 Å². The van der Waals surface area contributed by atoms with Gasteiger partial charge in [0, 0.05) is 60.3 Å². The number of hydrogen-bond acceptors (Lipinski definition) is 7. The number of carboxylic acid groups (broad SMARTS) is 1. The fourth-order valence-electron chi connectivity index (χ4n) is 6.61. The third-order valence-electron chi connectivity index (χ3n) is 8.78. The number of benzene rings is 2. The van der Waals surface area contributed by atoms with Crippen molar-refractivity contribution in [1.29, 1.82) is 0 Å². The number of nitrogens with zero attached hydrogens (tertiary/aromatic N) is 3. The Balaban J connectivity index is 1.53. The van der Waals surface area contributed by atoms with E-state index in [1.54, 1.807) is 19.3 Å². The Morgan fingerprint density at radius 3 is 2.52 bits per heavy atom. The summed E-state index contributed by atoms with van der Waals surface area (Å²) in [6.45, 7) is 5.59. The van der Waals surface area contributed by atoms with Crippen LogP contribution in [0.25, 0.3) is 21.7 Å². The molecule has 3 heterocycles. The number of aromatic carboxylic acids is 1. The zero-order valence-corrected chi connectivity index (χ0v) is 23.2. The first-order chi connectivity index (χ1) is 19.4. The number of rotatable bonds is 8. The second-order valence-corrected chi connectivity index (χ2v) is 11.3. The molecule has 1 unspecified atom stereocenters. The molecule has 40 heavy (non-hydrogen) atoms. The normalized spacial score (nSPS) is 18.1. The lowest BCUT2D eigenvalue weighted by atomic mass is 9.89. The van der Waals surface area contributed by atoms with Gasteiger partial charge in [0.2, 0.25) is 0 Å². The molecule has 0 spiro atoms. The summed E-state index contributed by atoms with van der Waals surface area (Å²) in [5.41, 5.74) is 2.06. The Labute approximate surface area is 234 Å². The van der Waals surface area contributed by atoms with Crippen LogP contribution in [0.2, 0.25) is 0 Å². The van der Waals surface area contributed by atoms with Crippen molar-refractivity contribution in [2.75, 3.05) is 39.8 Å². The minimum absolute atomic E-state index is 0.0628. The van der Waals surface area contributed by atoms with Crippen LogP contribution in [0.5, 0.6) is 11.5 Å². The Bertz CT molecular complexity index is 1520. The summed E-state index contributed by atoms with van der Waals surface area (Å²) < 4.78 is 12.3. The molecule has 2 aromatic heterocycles. The van der Waals surface area contributed by atoms with Gasteiger partial charge in [-0.25, -0.2) is 4.79 Å². The lowest BCUT2D eigenvalue weighted by molar-refractivity contribution is 0.0696. The topological polar surface area (TPSA) is 99.3 Å². The van der Waals surface area contributed by atoms with Crippen LogP contribution in [0.15, 0.2) is 47.1 Å². The summed E-state index contributed by atoms with van der Waals surface area (Å²) in [7, 11) is 2.10. The molecule has 2 fully saturated rings. The van der Waals surface area contributed by atoms with Gasteiger partial charge in [0.05, 0.1) is 12.6 Å². The summed E-state index contributed by atoms with van der Waals surface area (Å²) in [6.07, 6.45) is 9.66. The Kier molecular flexibility index (Phi) is 7.38. The van der Waals surface area contributed by atoms with Crippen molar-refractivity contribution in [2.45, 2.75) is 45.1 Å². The van der Waals surface area contributed by atoms with Crippen molar-refractivity contribution in [3.8, 4) is 11.5 Å². The molecule has 210 valence electrons. The molecule has 4 aromatic rings. The molecule has 1 atom stereocenters. The quantitative estimate of drug-likeness (QED) is 0.280. The summed E-state index contributed by atoms with van der Waals surface area (Å²) in [5.74, 6) is 0.723. The third kappa shape index (κ3) is 4.90. The molecule has 0 bridgehead atoms. The van der Waals surface area contributed by atoms with Gasteiger partial charge < -0.3 is 24.3 Å². The number of piperazine rings is 1. The van der Waals surface area contributed by atoms with E-state index in [4.69, 9.17) is 9.15 Å². The number of phenolic OH excluding ortho intramolecular Hbond substituents is 1. The van der Waals surface area contributed by atoms with Crippen LogP contribution in [0.3, 0.4) is 0 Å². The summed E-state index contributed by atoms with van der Waals surface area (Å²) in [6, 6.07) is 9.12. The first-order valence-electron chi connectivity index (χ1n) is 14.3. The van der Waals surface area contributed by atoms with Gasteiger partial charge in [0.15, 0.2) is 0 Å². The first kappa shape index (κ1) is 26.6. The van der Waals surface area contributed by atoms with E-state index in [-0.39, 0.29) is 17.4 Å². The van der Waals surface area contributed by atoms with Gasteiger partial charge >= 0.3 is 5.97 Å². The van der Waals surface area contributed by atoms with Crippen LogP contribution in [0.4, 0.5) is 0 Å². The molecule has 1 saturated carbocycles. The van der Waals surface area contributed by atoms with Crippen LogP contribution >= 0.6 is 0 Å². The minimum atomic E-state index is -1.07. The predicted molar refractivity (Wildman–Crippen MR) is 154 cm³/mol. The number of aromatic hydroxyl groups is 1. The number of aromatic nitrogens is 1. The van der Waals surface area contributed by atoms with E-state index in [0.717, 1.165) is 44.1 Å². The number of fused-ring (bicyclic) bond motifs is 3.